The Morgan fingerprint density at radius 3 is 2.86 bits per heavy atom. The molecule has 1 fully saturated rings. The first-order chi connectivity index (χ1) is 14.2. The number of carbonyl (C=O) groups is 1. The molecule has 3 heterocycles. The lowest BCUT2D eigenvalue weighted by Crippen LogP contribution is -2.23. The van der Waals surface area contributed by atoms with Gasteiger partial charge in [0.05, 0.1) is 23.7 Å². The van der Waals surface area contributed by atoms with Crippen LogP contribution >= 0.6 is 0 Å². The summed E-state index contributed by atoms with van der Waals surface area (Å²) in [4.78, 5) is 32.0. The molecule has 5 rings (SSSR count). The number of amides is 1. The Morgan fingerprint density at radius 2 is 2.07 bits per heavy atom. The molecule has 0 bridgehead atoms. The van der Waals surface area contributed by atoms with Gasteiger partial charge < -0.3 is 15.0 Å². The van der Waals surface area contributed by atoms with E-state index in [0.717, 1.165) is 5.56 Å². The number of nitrogens with one attached hydrogen (secondary N) is 2. The quantitative estimate of drug-likeness (QED) is 0.527. The fourth-order valence-corrected chi connectivity index (χ4v) is 3.21. The molecular weight excluding hydrogens is 370 g/mol. The van der Waals surface area contributed by atoms with Crippen LogP contribution in [-0.4, -0.2) is 32.1 Å². The maximum absolute atomic E-state index is 12.7. The second-order valence-electron chi connectivity index (χ2n) is 7.23. The van der Waals surface area contributed by atoms with Gasteiger partial charge in [0.1, 0.15) is 11.2 Å². The standard InChI is InChI=1S/C21H19N5O3/c27-20(23-10-14-7-8-18(22-9-14)29-12-13-5-6-13)16-11-24-26-17-4-2-1-3-15(17)21(28)25-19(16)26/h1-4,7-9,11,13H,5-6,10,12H2,(H,23,27)(H,25,28). The lowest BCUT2D eigenvalue weighted by atomic mass is 10.2. The number of carbonyl (C=O) groups excluding carboxylic acids is 1. The molecule has 2 N–H and O–H groups in total. The average molecular weight is 389 g/mol. The van der Waals surface area contributed by atoms with Crippen molar-refractivity contribution in [2.75, 3.05) is 6.61 Å². The number of nitrogens with zero attached hydrogens (tertiary/aromatic N) is 3. The number of pyridine rings is 1. The van der Waals surface area contributed by atoms with Gasteiger partial charge in [0.25, 0.3) is 11.5 Å². The molecule has 0 aliphatic heterocycles. The minimum atomic E-state index is -0.319. The van der Waals surface area contributed by atoms with Gasteiger partial charge in [-0.2, -0.15) is 5.10 Å². The predicted octanol–water partition coefficient (Wildman–Crippen LogP) is 2.29. The molecule has 146 valence electrons. The molecule has 4 aromatic rings. The van der Waals surface area contributed by atoms with E-state index in [1.165, 1.54) is 19.0 Å². The third kappa shape index (κ3) is 3.44. The first kappa shape index (κ1) is 17.4. The molecule has 0 spiro atoms. The minimum absolute atomic E-state index is 0.256. The smallest absolute Gasteiger partial charge is 0.259 e. The summed E-state index contributed by atoms with van der Waals surface area (Å²) in [6.07, 6.45) is 5.61. The lowest BCUT2D eigenvalue weighted by molar-refractivity contribution is 0.0952. The zero-order valence-electron chi connectivity index (χ0n) is 15.6. The summed E-state index contributed by atoms with van der Waals surface area (Å²) >= 11 is 0. The van der Waals surface area contributed by atoms with Crippen molar-refractivity contribution in [3.8, 4) is 5.88 Å². The first-order valence-corrected chi connectivity index (χ1v) is 9.54. The molecule has 1 aromatic carbocycles. The van der Waals surface area contributed by atoms with E-state index in [9.17, 15) is 9.59 Å². The van der Waals surface area contributed by atoms with Gasteiger partial charge in [-0.25, -0.2) is 9.50 Å². The second-order valence-corrected chi connectivity index (χ2v) is 7.23. The van der Waals surface area contributed by atoms with Crippen molar-refractivity contribution < 1.29 is 9.53 Å². The van der Waals surface area contributed by atoms with Crippen molar-refractivity contribution in [2.24, 2.45) is 5.92 Å². The van der Waals surface area contributed by atoms with E-state index in [4.69, 9.17) is 4.74 Å². The zero-order chi connectivity index (χ0) is 19.8. The van der Waals surface area contributed by atoms with Crippen LogP contribution in [0.15, 0.2) is 53.6 Å². The van der Waals surface area contributed by atoms with E-state index >= 15 is 0 Å². The van der Waals surface area contributed by atoms with Gasteiger partial charge in [-0.1, -0.05) is 18.2 Å². The van der Waals surface area contributed by atoms with Crippen LogP contribution in [0, 0.1) is 5.92 Å². The number of aromatic amines is 1. The highest BCUT2D eigenvalue weighted by Crippen LogP contribution is 2.29. The molecule has 8 heteroatoms. The Labute approximate surface area is 165 Å². The fourth-order valence-electron chi connectivity index (χ4n) is 3.21. The summed E-state index contributed by atoms with van der Waals surface area (Å²) in [5.41, 5.74) is 1.93. The van der Waals surface area contributed by atoms with E-state index in [-0.39, 0.29) is 11.5 Å². The van der Waals surface area contributed by atoms with Crippen molar-refractivity contribution in [2.45, 2.75) is 19.4 Å². The summed E-state index contributed by atoms with van der Waals surface area (Å²) in [6, 6.07) is 10.8. The Kier molecular flexibility index (Phi) is 4.23. The van der Waals surface area contributed by atoms with Gasteiger partial charge in [-0.05, 0) is 36.5 Å². The highest BCUT2D eigenvalue weighted by atomic mass is 16.5. The van der Waals surface area contributed by atoms with Gasteiger partial charge in [-0.15, -0.1) is 0 Å². The molecule has 3 aromatic heterocycles. The number of H-pyrrole nitrogens is 1. The van der Waals surface area contributed by atoms with Crippen LogP contribution in [0.2, 0.25) is 0 Å². The number of ether oxygens (including phenoxy) is 1. The summed E-state index contributed by atoms with van der Waals surface area (Å²) in [5, 5.41) is 7.64. The maximum Gasteiger partial charge on any atom is 0.259 e. The van der Waals surface area contributed by atoms with Crippen LogP contribution < -0.4 is 15.6 Å². The summed E-state index contributed by atoms with van der Waals surface area (Å²) in [6.45, 7) is 1.02. The molecule has 1 saturated carbocycles. The molecular formula is C21H19N5O3. The van der Waals surface area contributed by atoms with E-state index in [1.54, 1.807) is 28.9 Å². The maximum atomic E-state index is 12.7. The zero-order valence-corrected chi connectivity index (χ0v) is 15.6. The van der Waals surface area contributed by atoms with Gasteiger partial charge >= 0.3 is 0 Å². The molecule has 29 heavy (non-hydrogen) atoms. The number of hydrogen-bond donors (Lipinski definition) is 2. The van der Waals surface area contributed by atoms with Crippen LogP contribution in [-0.2, 0) is 6.54 Å². The van der Waals surface area contributed by atoms with E-state index in [1.807, 2.05) is 18.2 Å². The van der Waals surface area contributed by atoms with Gasteiger partial charge in [0.15, 0.2) is 0 Å². The highest BCUT2D eigenvalue weighted by Gasteiger charge is 2.22. The van der Waals surface area contributed by atoms with Gasteiger partial charge in [0.2, 0.25) is 5.88 Å². The van der Waals surface area contributed by atoms with Crippen molar-refractivity contribution >= 4 is 22.5 Å². The molecule has 1 aliphatic carbocycles. The number of hydrogen-bond acceptors (Lipinski definition) is 5. The molecule has 1 amide bonds. The third-order valence-corrected chi connectivity index (χ3v) is 5.04. The van der Waals surface area contributed by atoms with Gasteiger partial charge in [0, 0.05) is 18.8 Å². The summed E-state index contributed by atoms with van der Waals surface area (Å²) in [7, 11) is 0. The van der Waals surface area contributed by atoms with Gasteiger partial charge in [-0.3, -0.25) is 9.59 Å². The molecule has 8 nitrogen and oxygen atoms in total. The molecule has 0 atom stereocenters. The fraction of sp³-hybridized carbons (Fsp3) is 0.238. The highest BCUT2D eigenvalue weighted by molar-refractivity contribution is 6.00. The third-order valence-electron chi connectivity index (χ3n) is 5.04. The second kappa shape index (κ2) is 7.05. The number of rotatable bonds is 6. The van der Waals surface area contributed by atoms with Crippen molar-refractivity contribution in [1.82, 2.24) is 24.9 Å². The van der Waals surface area contributed by atoms with E-state index in [2.05, 4.69) is 20.4 Å². The summed E-state index contributed by atoms with van der Waals surface area (Å²) < 4.78 is 7.19. The SMILES string of the molecule is O=C(NCc1ccc(OCC2CC2)nc1)c1cnn2c1[nH]c(=O)c1ccccc12. The van der Waals surface area contributed by atoms with Crippen LogP contribution in [0.3, 0.4) is 0 Å². The van der Waals surface area contributed by atoms with Crippen molar-refractivity contribution in [1.29, 1.82) is 0 Å². The van der Waals surface area contributed by atoms with Crippen LogP contribution in [0.1, 0.15) is 28.8 Å². The van der Waals surface area contributed by atoms with Crippen LogP contribution in [0.25, 0.3) is 16.6 Å². The monoisotopic (exact) mass is 389 g/mol. The first-order valence-electron chi connectivity index (χ1n) is 9.54. The number of para-hydroxylation sites is 1. The lowest BCUT2D eigenvalue weighted by Gasteiger charge is -2.07. The minimum Gasteiger partial charge on any atom is -0.477 e. The number of aromatic nitrogens is 4. The normalized spacial score (nSPS) is 13.7. The molecule has 0 unspecified atom stereocenters. The Hall–Kier alpha value is -3.68. The van der Waals surface area contributed by atoms with Crippen LogP contribution in [0.5, 0.6) is 5.88 Å². The molecule has 0 saturated heterocycles. The average Bonchev–Trinajstić information content (AvgIpc) is 3.49. The Bertz CT molecular complexity index is 1260. The largest absolute Gasteiger partial charge is 0.477 e. The topological polar surface area (TPSA) is 101 Å². The van der Waals surface area contributed by atoms with Crippen LogP contribution in [0.4, 0.5) is 0 Å². The predicted molar refractivity (Wildman–Crippen MR) is 107 cm³/mol. The van der Waals surface area contributed by atoms with Crippen molar-refractivity contribution in [3.05, 3.63) is 70.3 Å². The van der Waals surface area contributed by atoms with Crippen molar-refractivity contribution in [3.63, 3.8) is 0 Å². The molecule has 0 radical (unpaired) electrons. The number of fused-ring (bicyclic) bond motifs is 3. The van der Waals surface area contributed by atoms with E-state index in [0.29, 0.717) is 47.1 Å². The number of benzene rings is 1. The van der Waals surface area contributed by atoms with E-state index < -0.39 is 0 Å². The Morgan fingerprint density at radius 1 is 1.21 bits per heavy atom. The summed E-state index contributed by atoms with van der Waals surface area (Å²) in [5.74, 6) is 0.948. The Balaban J connectivity index is 1.32. The molecule has 1 aliphatic rings.